The van der Waals surface area contributed by atoms with E-state index in [-0.39, 0.29) is 6.10 Å². The highest BCUT2D eigenvalue weighted by atomic mass is 16.3. The van der Waals surface area contributed by atoms with Gasteiger partial charge in [0.15, 0.2) is 0 Å². The summed E-state index contributed by atoms with van der Waals surface area (Å²) in [6.07, 6.45) is 8.89. The first-order valence-corrected chi connectivity index (χ1v) is 6.83. The molecule has 0 fully saturated rings. The Kier molecular flexibility index (Phi) is 4.71. The van der Waals surface area contributed by atoms with Gasteiger partial charge in [0, 0.05) is 17.8 Å². The zero-order valence-corrected chi connectivity index (χ0v) is 11.0. The molecule has 0 spiro atoms. The van der Waals surface area contributed by atoms with Gasteiger partial charge in [-0.15, -0.1) is 0 Å². The molecule has 2 nitrogen and oxygen atoms in total. The molecule has 0 amide bonds. The third kappa shape index (κ3) is 3.08. The SMILES string of the molecule is CCCCCCC(O)c1cccc2ccncc12. The number of aliphatic hydroxyl groups excluding tert-OH is 1. The van der Waals surface area contributed by atoms with Crippen molar-refractivity contribution in [2.75, 3.05) is 0 Å². The van der Waals surface area contributed by atoms with Crippen LogP contribution in [0.4, 0.5) is 0 Å². The first-order valence-electron chi connectivity index (χ1n) is 6.83. The molecule has 2 heteroatoms. The van der Waals surface area contributed by atoms with Crippen molar-refractivity contribution in [3.05, 3.63) is 42.2 Å². The van der Waals surface area contributed by atoms with Gasteiger partial charge in [-0.05, 0) is 23.4 Å². The van der Waals surface area contributed by atoms with E-state index in [0.29, 0.717) is 0 Å². The Hall–Kier alpha value is -1.41. The second-order valence-corrected chi connectivity index (χ2v) is 4.81. The predicted octanol–water partition coefficient (Wildman–Crippen LogP) is 4.24. The molecule has 0 radical (unpaired) electrons. The lowest BCUT2D eigenvalue weighted by molar-refractivity contribution is 0.165. The van der Waals surface area contributed by atoms with Crippen LogP contribution < -0.4 is 0 Å². The Bertz CT molecular complexity index is 490. The molecule has 1 N–H and O–H groups in total. The summed E-state index contributed by atoms with van der Waals surface area (Å²) >= 11 is 0. The van der Waals surface area contributed by atoms with Gasteiger partial charge in [-0.3, -0.25) is 4.98 Å². The molecule has 0 aliphatic heterocycles. The fraction of sp³-hybridized carbons (Fsp3) is 0.438. The monoisotopic (exact) mass is 243 g/mol. The molecule has 1 aromatic heterocycles. The predicted molar refractivity (Wildman–Crippen MR) is 75.5 cm³/mol. The molecule has 0 bridgehead atoms. The average Bonchev–Trinajstić information content (AvgIpc) is 2.43. The molecule has 0 saturated heterocycles. The molecule has 0 saturated carbocycles. The Labute approximate surface area is 109 Å². The van der Waals surface area contributed by atoms with Crippen molar-refractivity contribution < 1.29 is 5.11 Å². The van der Waals surface area contributed by atoms with E-state index >= 15 is 0 Å². The van der Waals surface area contributed by atoms with Crippen LogP contribution in [0.5, 0.6) is 0 Å². The standard InChI is InChI=1S/C16H21NO/c1-2-3-4-5-9-16(18)14-8-6-7-13-10-11-17-12-15(13)14/h6-8,10-12,16,18H,2-5,9H2,1H3. The smallest absolute Gasteiger partial charge is 0.0796 e. The summed E-state index contributed by atoms with van der Waals surface area (Å²) in [5.41, 5.74) is 1.01. The summed E-state index contributed by atoms with van der Waals surface area (Å²) in [5.74, 6) is 0. The van der Waals surface area contributed by atoms with Crippen molar-refractivity contribution in [1.82, 2.24) is 4.98 Å². The van der Waals surface area contributed by atoms with Gasteiger partial charge < -0.3 is 5.11 Å². The van der Waals surface area contributed by atoms with Crippen molar-refractivity contribution >= 4 is 10.8 Å². The van der Waals surface area contributed by atoms with E-state index in [1.165, 1.54) is 19.3 Å². The maximum absolute atomic E-state index is 10.3. The Morgan fingerprint density at radius 2 is 2.06 bits per heavy atom. The van der Waals surface area contributed by atoms with Gasteiger partial charge in [0.2, 0.25) is 0 Å². The summed E-state index contributed by atoms with van der Waals surface area (Å²) in [4.78, 5) is 4.15. The lowest BCUT2D eigenvalue weighted by Crippen LogP contribution is -1.98. The van der Waals surface area contributed by atoms with Gasteiger partial charge in [-0.25, -0.2) is 0 Å². The Morgan fingerprint density at radius 1 is 1.17 bits per heavy atom. The van der Waals surface area contributed by atoms with Crippen molar-refractivity contribution in [3.63, 3.8) is 0 Å². The molecule has 2 aromatic rings. The van der Waals surface area contributed by atoms with Crippen LogP contribution in [-0.4, -0.2) is 10.1 Å². The van der Waals surface area contributed by atoms with E-state index in [4.69, 9.17) is 0 Å². The number of hydrogen-bond acceptors (Lipinski definition) is 2. The first kappa shape index (κ1) is 13.0. The van der Waals surface area contributed by atoms with Crippen LogP contribution in [0, 0.1) is 0 Å². The molecule has 1 heterocycles. The van der Waals surface area contributed by atoms with Crippen LogP contribution in [0.2, 0.25) is 0 Å². The van der Waals surface area contributed by atoms with Gasteiger partial charge in [0.05, 0.1) is 6.10 Å². The van der Waals surface area contributed by atoms with Crippen LogP contribution in [0.3, 0.4) is 0 Å². The third-order valence-electron chi connectivity index (χ3n) is 3.41. The van der Waals surface area contributed by atoms with E-state index in [9.17, 15) is 5.11 Å². The van der Waals surface area contributed by atoms with Crippen LogP contribution in [0.15, 0.2) is 36.7 Å². The van der Waals surface area contributed by atoms with Crippen LogP contribution in [-0.2, 0) is 0 Å². The number of rotatable bonds is 6. The molecule has 1 aromatic carbocycles. The minimum Gasteiger partial charge on any atom is -0.388 e. The van der Waals surface area contributed by atoms with Crippen molar-refractivity contribution in [2.24, 2.45) is 0 Å². The molecule has 96 valence electrons. The van der Waals surface area contributed by atoms with Crippen LogP contribution >= 0.6 is 0 Å². The average molecular weight is 243 g/mol. The highest BCUT2D eigenvalue weighted by molar-refractivity contribution is 5.85. The number of unbranched alkanes of at least 4 members (excludes halogenated alkanes) is 3. The topological polar surface area (TPSA) is 33.1 Å². The maximum atomic E-state index is 10.3. The largest absolute Gasteiger partial charge is 0.388 e. The number of aromatic nitrogens is 1. The van der Waals surface area contributed by atoms with Gasteiger partial charge >= 0.3 is 0 Å². The zero-order chi connectivity index (χ0) is 12.8. The molecule has 1 unspecified atom stereocenters. The number of benzene rings is 1. The molecule has 0 aliphatic rings. The fourth-order valence-electron chi connectivity index (χ4n) is 2.35. The normalized spacial score (nSPS) is 12.8. The highest BCUT2D eigenvalue weighted by Crippen LogP contribution is 2.26. The molecule has 18 heavy (non-hydrogen) atoms. The van der Waals surface area contributed by atoms with Gasteiger partial charge in [-0.2, -0.15) is 0 Å². The van der Waals surface area contributed by atoms with Crippen molar-refractivity contribution in [3.8, 4) is 0 Å². The second kappa shape index (κ2) is 6.50. The number of aliphatic hydroxyl groups is 1. The van der Waals surface area contributed by atoms with Crippen molar-refractivity contribution in [2.45, 2.75) is 45.1 Å². The summed E-state index contributed by atoms with van der Waals surface area (Å²) in [7, 11) is 0. The number of fused-ring (bicyclic) bond motifs is 1. The lowest BCUT2D eigenvalue weighted by atomic mass is 9.98. The third-order valence-corrected chi connectivity index (χ3v) is 3.41. The number of nitrogens with zero attached hydrogens (tertiary/aromatic N) is 1. The summed E-state index contributed by atoms with van der Waals surface area (Å²) in [6.45, 7) is 2.20. The van der Waals surface area contributed by atoms with Crippen LogP contribution in [0.25, 0.3) is 10.8 Å². The summed E-state index contributed by atoms with van der Waals surface area (Å²) in [5, 5.41) is 12.5. The van der Waals surface area contributed by atoms with E-state index < -0.39 is 0 Å². The summed E-state index contributed by atoms with van der Waals surface area (Å²) in [6, 6.07) is 8.06. The van der Waals surface area contributed by atoms with Crippen LogP contribution in [0.1, 0.15) is 50.7 Å². The fourth-order valence-corrected chi connectivity index (χ4v) is 2.35. The maximum Gasteiger partial charge on any atom is 0.0796 e. The van der Waals surface area contributed by atoms with E-state index in [1.807, 2.05) is 24.4 Å². The quantitative estimate of drug-likeness (QED) is 0.770. The van der Waals surface area contributed by atoms with E-state index in [0.717, 1.165) is 29.2 Å². The summed E-state index contributed by atoms with van der Waals surface area (Å²) < 4.78 is 0. The zero-order valence-electron chi connectivity index (χ0n) is 11.0. The number of hydrogen-bond donors (Lipinski definition) is 1. The van der Waals surface area contributed by atoms with Gasteiger partial charge in [0.1, 0.15) is 0 Å². The highest BCUT2D eigenvalue weighted by Gasteiger charge is 2.10. The number of pyridine rings is 1. The Morgan fingerprint density at radius 3 is 2.89 bits per heavy atom. The minimum atomic E-state index is -0.366. The Balaban J connectivity index is 2.10. The molecule has 1 atom stereocenters. The van der Waals surface area contributed by atoms with E-state index in [1.54, 1.807) is 6.20 Å². The van der Waals surface area contributed by atoms with Gasteiger partial charge in [0.25, 0.3) is 0 Å². The minimum absolute atomic E-state index is 0.366. The van der Waals surface area contributed by atoms with Crippen molar-refractivity contribution in [1.29, 1.82) is 0 Å². The first-order chi connectivity index (χ1) is 8.83. The van der Waals surface area contributed by atoms with E-state index in [2.05, 4.69) is 18.0 Å². The molecule has 0 aliphatic carbocycles. The van der Waals surface area contributed by atoms with Gasteiger partial charge in [-0.1, -0.05) is 50.8 Å². The molecule has 2 rings (SSSR count). The second-order valence-electron chi connectivity index (χ2n) is 4.81. The lowest BCUT2D eigenvalue weighted by Gasteiger charge is -2.13. The molecular weight excluding hydrogens is 222 g/mol. The molecular formula is C16H21NO.